The predicted molar refractivity (Wildman–Crippen MR) is 79.0 cm³/mol. The quantitative estimate of drug-likeness (QED) is 0.686. The lowest BCUT2D eigenvalue weighted by atomic mass is 10.1. The van der Waals surface area contributed by atoms with Crippen LogP contribution in [-0.4, -0.2) is 23.2 Å². The number of benzene rings is 1. The van der Waals surface area contributed by atoms with Crippen molar-refractivity contribution in [2.24, 2.45) is 0 Å². The number of fused-ring (bicyclic) bond motifs is 3. The summed E-state index contributed by atoms with van der Waals surface area (Å²) in [4.78, 5) is 3.52. The average Bonchev–Trinajstić information content (AvgIpc) is 2.86. The van der Waals surface area contributed by atoms with Crippen LogP contribution in [0.2, 0.25) is 0 Å². The SMILES string of the molecule is CNC(=S)NC1Cc2[nH]c3ccc(C)cc3c2C1. The van der Waals surface area contributed by atoms with Crippen molar-refractivity contribution in [2.45, 2.75) is 25.8 Å². The monoisotopic (exact) mass is 259 g/mol. The van der Waals surface area contributed by atoms with Crippen LogP contribution in [-0.2, 0) is 12.8 Å². The molecule has 0 amide bonds. The number of aryl methyl sites for hydroxylation is 1. The fourth-order valence-corrected chi connectivity index (χ4v) is 2.92. The second kappa shape index (κ2) is 4.28. The van der Waals surface area contributed by atoms with Gasteiger partial charge in [0, 0.05) is 36.1 Å². The van der Waals surface area contributed by atoms with E-state index in [0.717, 1.165) is 18.0 Å². The van der Waals surface area contributed by atoms with Crippen molar-refractivity contribution >= 4 is 28.2 Å². The van der Waals surface area contributed by atoms with Crippen LogP contribution in [0.25, 0.3) is 10.9 Å². The van der Waals surface area contributed by atoms with Crippen LogP contribution in [0.1, 0.15) is 16.8 Å². The molecule has 0 radical (unpaired) electrons. The van der Waals surface area contributed by atoms with Gasteiger partial charge in [0.25, 0.3) is 0 Å². The van der Waals surface area contributed by atoms with Gasteiger partial charge in [0.05, 0.1) is 0 Å². The molecule has 1 aromatic heterocycles. The van der Waals surface area contributed by atoms with Gasteiger partial charge in [-0.3, -0.25) is 0 Å². The zero-order chi connectivity index (χ0) is 12.7. The molecule has 4 heteroatoms. The van der Waals surface area contributed by atoms with E-state index in [4.69, 9.17) is 12.2 Å². The highest BCUT2D eigenvalue weighted by Gasteiger charge is 2.25. The summed E-state index contributed by atoms with van der Waals surface area (Å²) in [5, 5.41) is 8.40. The van der Waals surface area contributed by atoms with Crippen molar-refractivity contribution in [2.75, 3.05) is 7.05 Å². The third kappa shape index (κ3) is 1.86. The molecule has 3 nitrogen and oxygen atoms in total. The molecule has 94 valence electrons. The fourth-order valence-electron chi connectivity index (χ4n) is 2.75. The summed E-state index contributed by atoms with van der Waals surface area (Å²) in [7, 11) is 1.85. The molecular weight excluding hydrogens is 242 g/mol. The Morgan fingerprint density at radius 1 is 1.39 bits per heavy atom. The van der Waals surface area contributed by atoms with Gasteiger partial charge < -0.3 is 15.6 Å². The van der Waals surface area contributed by atoms with Gasteiger partial charge >= 0.3 is 0 Å². The summed E-state index contributed by atoms with van der Waals surface area (Å²) in [5.74, 6) is 0. The molecule has 0 saturated carbocycles. The van der Waals surface area contributed by atoms with Crippen molar-refractivity contribution in [3.63, 3.8) is 0 Å². The second-order valence-electron chi connectivity index (χ2n) is 4.96. The van der Waals surface area contributed by atoms with Crippen molar-refractivity contribution in [3.8, 4) is 0 Å². The Bertz CT molecular complexity index is 615. The molecule has 1 aliphatic rings. The third-order valence-corrected chi connectivity index (χ3v) is 3.94. The van der Waals surface area contributed by atoms with E-state index < -0.39 is 0 Å². The van der Waals surface area contributed by atoms with Crippen molar-refractivity contribution in [3.05, 3.63) is 35.0 Å². The van der Waals surface area contributed by atoms with Gasteiger partial charge in [-0.15, -0.1) is 0 Å². The maximum atomic E-state index is 5.16. The maximum absolute atomic E-state index is 5.16. The minimum absolute atomic E-state index is 0.413. The van der Waals surface area contributed by atoms with Crippen molar-refractivity contribution in [1.82, 2.24) is 15.6 Å². The lowest BCUT2D eigenvalue weighted by molar-refractivity contribution is 0.636. The molecule has 1 heterocycles. The molecule has 0 fully saturated rings. The average molecular weight is 259 g/mol. The zero-order valence-corrected chi connectivity index (χ0v) is 11.4. The number of rotatable bonds is 1. The Morgan fingerprint density at radius 3 is 3.00 bits per heavy atom. The molecule has 1 unspecified atom stereocenters. The summed E-state index contributed by atoms with van der Waals surface area (Å²) < 4.78 is 0. The molecule has 0 saturated heterocycles. The molecule has 18 heavy (non-hydrogen) atoms. The van der Waals surface area contributed by atoms with E-state index in [0.29, 0.717) is 6.04 Å². The highest BCUT2D eigenvalue weighted by atomic mass is 32.1. The summed E-state index contributed by atoms with van der Waals surface area (Å²) in [6.45, 7) is 2.14. The molecule has 0 spiro atoms. The van der Waals surface area contributed by atoms with Gasteiger partial charge in [0.1, 0.15) is 0 Å². The van der Waals surface area contributed by atoms with Gasteiger partial charge in [-0.25, -0.2) is 0 Å². The highest BCUT2D eigenvalue weighted by Crippen LogP contribution is 2.30. The molecule has 3 N–H and O–H groups in total. The number of hydrogen-bond acceptors (Lipinski definition) is 1. The topological polar surface area (TPSA) is 39.8 Å². The van der Waals surface area contributed by atoms with Crippen LogP contribution < -0.4 is 10.6 Å². The first-order chi connectivity index (χ1) is 8.67. The molecule has 0 bridgehead atoms. The van der Waals surface area contributed by atoms with Gasteiger partial charge in [0.15, 0.2) is 5.11 Å². The molecule has 0 aliphatic heterocycles. The molecule has 1 aliphatic carbocycles. The first-order valence-corrected chi connectivity index (χ1v) is 6.66. The summed E-state index contributed by atoms with van der Waals surface area (Å²) in [6.07, 6.45) is 2.06. The summed E-state index contributed by atoms with van der Waals surface area (Å²) >= 11 is 5.16. The van der Waals surface area contributed by atoms with E-state index in [2.05, 4.69) is 40.7 Å². The Hall–Kier alpha value is -1.55. The predicted octanol–water partition coefficient (Wildman–Crippen LogP) is 2.04. The minimum atomic E-state index is 0.413. The Balaban J connectivity index is 1.90. The normalized spacial score (nSPS) is 17.8. The fraction of sp³-hybridized carbons (Fsp3) is 0.357. The van der Waals surface area contributed by atoms with Crippen molar-refractivity contribution < 1.29 is 0 Å². The van der Waals surface area contributed by atoms with E-state index in [1.54, 1.807) is 0 Å². The van der Waals surface area contributed by atoms with Crippen LogP contribution in [0.5, 0.6) is 0 Å². The Morgan fingerprint density at radius 2 is 2.22 bits per heavy atom. The van der Waals surface area contributed by atoms with Gasteiger partial charge in [-0.05, 0) is 43.3 Å². The third-order valence-electron chi connectivity index (χ3n) is 3.61. The number of aromatic amines is 1. The van der Waals surface area contributed by atoms with E-state index in [-0.39, 0.29) is 0 Å². The van der Waals surface area contributed by atoms with Crippen LogP contribution in [0.3, 0.4) is 0 Å². The van der Waals surface area contributed by atoms with E-state index in [1.807, 2.05) is 7.05 Å². The number of aromatic nitrogens is 1. The number of hydrogen-bond donors (Lipinski definition) is 3. The number of H-pyrrole nitrogens is 1. The van der Waals surface area contributed by atoms with Gasteiger partial charge in [-0.2, -0.15) is 0 Å². The van der Waals surface area contributed by atoms with Crippen LogP contribution in [0.4, 0.5) is 0 Å². The van der Waals surface area contributed by atoms with Gasteiger partial charge in [0.2, 0.25) is 0 Å². The molecule has 1 atom stereocenters. The maximum Gasteiger partial charge on any atom is 0.166 e. The van der Waals surface area contributed by atoms with Crippen LogP contribution >= 0.6 is 12.2 Å². The molecule has 2 aromatic rings. The zero-order valence-electron chi connectivity index (χ0n) is 10.6. The smallest absolute Gasteiger partial charge is 0.166 e. The first kappa shape index (κ1) is 11.5. The molecule has 3 rings (SSSR count). The van der Waals surface area contributed by atoms with Crippen molar-refractivity contribution in [1.29, 1.82) is 0 Å². The summed E-state index contributed by atoms with van der Waals surface area (Å²) in [6, 6.07) is 7.00. The lowest BCUT2D eigenvalue weighted by Gasteiger charge is -2.14. The minimum Gasteiger partial charge on any atom is -0.366 e. The highest BCUT2D eigenvalue weighted by molar-refractivity contribution is 7.80. The molecular formula is C14H17N3S. The van der Waals surface area contributed by atoms with Crippen LogP contribution in [0, 0.1) is 6.92 Å². The number of thiocarbonyl (C=S) groups is 1. The summed E-state index contributed by atoms with van der Waals surface area (Å²) in [5.41, 5.74) is 5.36. The van der Waals surface area contributed by atoms with E-state index in [9.17, 15) is 0 Å². The Labute approximate surface area is 112 Å². The standard InChI is InChI=1S/C14H17N3S/c1-8-3-4-12-10(5-8)11-6-9(7-13(11)17-12)16-14(18)15-2/h3-5,9,17H,6-7H2,1-2H3,(H2,15,16,18). The number of nitrogens with one attached hydrogen (secondary N) is 3. The van der Waals surface area contributed by atoms with Crippen LogP contribution in [0.15, 0.2) is 18.2 Å². The van der Waals surface area contributed by atoms with E-state index in [1.165, 1.54) is 27.7 Å². The molecule has 1 aromatic carbocycles. The lowest BCUT2D eigenvalue weighted by Crippen LogP contribution is -2.40. The van der Waals surface area contributed by atoms with Gasteiger partial charge in [-0.1, -0.05) is 11.6 Å². The second-order valence-corrected chi connectivity index (χ2v) is 5.37. The largest absolute Gasteiger partial charge is 0.366 e. The first-order valence-electron chi connectivity index (χ1n) is 6.25. The van der Waals surface area contributed by atoms with E-state index >= 15 is 0 Å². The Kier molecular flexibility index (Phi) is 2.74.